The van der Waals surface area contributed by atoms with Gasteiger partial charge in [0.15, 0.2) is 0 Å². The Morgan fingerprint density at radius 1 is 0.727 bits per heavy atom. The van der Waals surface area contributed by atoms with E-state index < -0.39 is 25.1 Å². The van der Waals surface area contributed by atoms with E-state index in [2.05, 4.69) is 10.2 Å². The van der Waals surface area contributed by atoms with Gasteiger partial charge in [-0.3, -0.25) is 9.11 Å². The maximum atomic E-state index is 12.1. The van der Waals surface area contributed by atoms with Crippen molar-refractivity contribution in [3.05, 3.63) is 77.9 Å². The third-order valence-electron chi connectivity index (χ3n) is 4.56. The van der Waals surface area contributed by atoms with Gasteiger partial charge >= 0.3 is 0 Å². The fraction of sp³-hybridized carbons (Fsp3) is 0.0909. The van der Waals surface area contributed by atoms with Gasteiger partial charge in [0.1, 0.15) is 15.5 Å². The molecule has 0 aliphatic rings. The number of anilines is 1. The van der Waals surface area contributed by atoms with Crippen molar-refractivity contribution in [1.29, 1.82) is 0 Å². The van der Waals surface area contributed by atoms with E-state index in [4.69, 9.17) is 0 Å². The molecule has 0 bridgehead atoms. The molecular formula is C22H21N3O6S2. The lowest BCUT2D eigenvalue weighted by molar-refractivity contribution is 0.480. The Morgan fingerprint density at radius 2 is 1.33 bits per heavy atom. The van der Waals surface area contributed by atoms with E-state index in [1.54, 1.807) is 18.2 Å². The van der Waals surface area contributed by atoms with Crippen LogP contribution in [0.4, 0.5) is 17.1 Å². The van der Waals surface area contributed by atoms with Crippen molar-refractivity contribution in [2.24, 2.45) is 10.2 Å². The van der Waals surface area contributed by atoms with Crippen LogP contribution in [0, 0.1) is 0 Å². The maximum Gasteiger partial charge on any atom is 0.297 e. The molecule has 0 aliphatic carbocycles. The predicted octanol–water partition coefficient (Wildman–Crippen LogP) is 4.83. The number of nitrogens with zero attached hydrogens (tertiary/aromatic N) is 3. The average molecular weight is 488 g/mol. The molecule has 3 aromatic rings. The molecule has 0 fully saturated rings. The van der Waals surface area contributed by atoms with Crippen molar-refractivity contribution in [2.75, 3.05) is 19.0 Å². The summed E-state index contributed by atoms with van der Waals surface area (Å²) in [7, 11) is -5.41. The average Bonchev–Trinajstić information content (AvgIpc) is 2.75. The van der Waals surface area contributed by atoms with Gasteiger partial charge in [0.25, 0.3) is 20.2 Å². The molecule has 0 saturated heterocycles. The highest BCUT2D eigenvalue weighted by atomic mass is 32.2. The first-order valence-electron chi connectivity index (χ1n) is 9.51. The zero-order valence-corrected chi connectivity index (χ0v) is 19.3. The lowest BCUT2D eigenvalue weighted by Gasteiger charge is -2.11. The van der Waals surface area contributed by atoms with Gasteiger partial charge in [-0.05, 0) is 47.5 Å². The number of azo groups is 1. The van der Waals surface area contributed by atoms with E-state index in [0.717, 1.165) is 5.69 Å². The normalized spacial score (nSPS) is 12.5. The molecule has 0 saturated carbocycles. The molecule has 0 aromatic heterocycles. The Balaban J connectivity index is 2.04. The Kier molecular flexibility index (Phi) is 7.08. The van der Waals surface area contributed by atoms with Crippen LogP contribution in [0.25, 0.3) is 12.2 Å². The lowest BCUT2D eigenvalue weighted by Crippen LogP contribution is -2.07. The SMILES string of the molecule is CN(C)c1ccc(N=Nc2cccc(C=Cc3ccccc3S(=O)(=O)O)c2S(=O)(=O)O)cc1. The van der Waals surface area contributed by atoms with Crippen LogP contribution in [0.15, 0.2) is 86.7 Å². The predicted molar refractivity (Wildman–Crippen MR) is 126 cm³/mol. The number of hydrogen-bond donors (Lipinski definition) is 2. The van der Waals surface area contributed by atoms with Gasteiger partial charge in [-0.2, -0.15) is 21.9 Å². The summed E-state index contributed by atoms with van der Waals surface area (Å²) in [4.78, 5) is 1.08. The topological polar surface area (TPSA) is 137 Å². The molecule has 0 atom stereocenters. The van der Waals surface area contributed by atoms with Crippen LogP contribution in [0.5, 0.6) is 0 Å². The molecular weight excluding hydrogens is 466 g/mol. The van der Waals surface area contributed by atoms with E-state index in [9.17, 15) is 25.9 Å². The van der Waals surface area contributed by atoms with Crippen molar-refractivity contribution in [3.63, 3.8) is 0 Å². The highest BCUT2D eigenvalue weighted by Gasteiger charge is 2.20. The molecule has 172 valence electrons. The highest BCUT2D eigenvalue weighted by molar-refractivity contribution is 7.86. The summed E-state index contributed by atoms with van der Waals surface area (Å²) >= 11 is 0. The minimum atomic E-state index is -4.71. The van der Waals surface area contributed by atoms with Gasteiger partial charge in [-0.15, -0.1) is 5.11 Å². The monoisotopic (exact) mass is 487 g/mol. The zero-order chi connectivity index (χ0) is 24.2. The minimum absolute atomic E-state index is 0.0575. The third kappa shape index (κ3) is 6.11. The maximum absolute atomic E-state index is 12.1. The molecule has 3 rings (SSSR count). The third-order valence-corrected chi connectivity index (χ3v) is 6.45. The molecule has 33 heavy (non-hydrogen) atoms. The first kappa shape index (κ1) is 24.3. The Hall–Kier alpha value is -3.38. The molecule has 2 N–H and O–H groups in total. The fourth-order valence-corrected chi connectivity index (χ4v) is 4.49. The van der Waals surface area contributed by atoms with Gasteiger partial charge in [0.2, 0.25) is 0 Å². The molecule has 0 heterocycles. The Labute approximate surface area is 192 Å². The van der Waals surface area contributed by atoms with Crippen molar-refractivity contribution < 1.29 is 25.9 Å². The molecule has 0 amide bonds. The van der Waals surface area contributed by atoms with Crippen molar-refractivity contribution >= 4 is 49.5 Å². The van der Waals surface area contributed by atoms with Gasteiger partial charge < -0.3 is 4.90 Å². The van der Waals surface area contributed by atoms with Crippen LogP contribution < -0.4 is 4.90 Å². The van der Waals surface area contributed by atoms with Crippen LogP contribution in [-0.2, 0) is 20.2 Å². The van der Waals surface area contributed by atoms with Gasteiger partial charge in [-0.1, -0.05) is 42.5 Å². The second-order valence-corrected chi connectivity index (χ2v) is 9.88. The summed E-state index contributed by atoms with van der Waals surface area (Å²) < 4.78 is 66.6. The number of rotatable bonds is 7. The van der Waals surface area contributed by atoms with Gasteiger partial charge in [0.05, 0.1) is 5.69 Å². The molecule has 0 unspecified atom stereocenters. The summed E-state index contributed by atoms with van der Waals surface area (Å²) in [5, 5.41) is 8.04. The van der Waals surface area contributed by atoms with Crippen molar-refractivity contribution in [1.82, 2.24) is 0 Å². The van der Waals surface area contributed by atoms with E-state index in [1.165, 1.54) is 48.6 Å². The van der Waals surface area contributed by atoms with Crippen molar-refractivity contribution in [3.8, 4) is 0 Å². The van der Waals surface area contributed by atoms with Crippen LogP contribution >= 0.6 is 0 Å². The quantitative estimate of drug-likeness (QED) is 0.277. The van der Waals surface area contributed by atoms with Gasteiger partial charge in [-0.25, -0.2) is 0 Å². The van der Waals surface area contributed by atoms with E-state index in [1.807, 2.05) is 31.1 Å². The highest BCUT2D eigenvalue weighted by Crippen LogP contribution is 2.31. The van der Waals surface area contributed by atoms with Crippen LogP contribution in [0.1, 0.15) is 11.1 Å². The Morgan fingerprint density at radius 3 is 1.94 bits per heavy atom. The Bertz CT molecular complexity index is 1430. The first-order chi connectivity index (χ1) is 15.5. The largest absolute Gasteiger partial charge is 0.378 e. The summed E-state index contributed by atoms with van der Waals surface area (Å²) in [5.41, 5.74) is 1.52. The summed E-state index contributed by atoms with van der Waals surface area (Å²) in [6.45, 7) is 0. The molecule has 0 spiro atoms. The molecule has 3 aromatic carbocycles. The zero-order valence-electron chi connectivity index (χ0n) is 17.7. The fourth-order valence-electron chi connectivity index (χ4n) is 2.99. The van der Waals surface area contributed by atoms with E-state index >= 15 is 0 Å². The molecule has 9 nitrogen and oxygen atoms in total. The van der Waals surface area contributed by atoms with Crippen LogP contribution in [0.3, 0.4) is 0 Å². The first-order valence-corrected chi connectivity index (χ1v) is 12.4. The molecule has 0 radical (unpaired) electrons. The van der Waals surface area contributed by atoms with E-state index in [-0.39, 0.29) is 21.7 Å². The van der Waals surface area contributed by atoms with Crippen molar-refractivity contribution in [2.45, 2.75) is 9.79 Å². The van der Waals surface area contributed by atoms with Crippen LogP contribution in [-0.4, -0.2) is 40.0 Å². The lowest BCUT2D eigenvalue weighted by atomic mass is 10.1. The van der Waals surface area contributed by atoms with Gasteiger partial charge in [0, 0.05) is 19.8 Å². The summed E-state index contributed by atoms with van der Waals surface area (Å²) in [5.74, 6) is 0. The second-order valence-electron chi connectivity index (χ2n) is 7.13. The van der Waals surface area contributed by atoms with E-state index in [0.29, 0.717) is 5.69 Å². The molecule has 11 heteroatoms. The number of hydrogen-bond acceptors (Lipinski definition) is 7. The summed E-state index contributed by atoms with van der Waals surface area (Å²) in [6, 6.07) is 17.0. The summed E-state index contributed by atoms with van der Waals surface area (Å²) in [6.07, 6.45) is 2.62. The number of benzene rings is 3. The standard InChI is InChI=1S/C22H21N3O6S2/c1-25(2)19-14-12-18(13-15-19)23-24-20-8-5-7-17(22(20)33(29,30)31)11-10-16-6-3-4-9-21(16)32(26,27)28/h3-15H,1-2H3,(H,26,27,28)(H,29,30,31). The second kappa shape index (κ2) is 9.63. The smallest absolute Gasteiger partial charge is 0.297 e. The van der Waals surface area contributed by atoms with Crippen LogP contribution in [0.2, 0.25) is 0 Å². The molecule has 0 aliphatic heterocycles. The minimum Gasteiger partial charge on any atom is -0.378 e.